The third-order valence-corrected chi connectivity index (χ3v) is 4.82. The molecule has 1 saturated heterocycles. The fourth-order valence-electron chi connectivity index (χ4n) is 3.15. The Kier molecular flexibility index (Phi) is 4.85. The summed E-state index contributed by atoms with van der Waals surface area (Å²) >= 11 is 0. The van der Waals surface area contributed by atoms with Crippen LogP contribution in [-0.4, -0.2) is 41.3 Å². The van der Waals surface area contributed by atoms with Crippen LogP contribution < -0.4 is 26.4 Å². The highest BCUT2D eigenvalue weighted by Crippen LogP contribution is 2.35. The van der Waals surface area contributed by atoms with E-state index in [4.69, 9.17) is 0 Å². The molecule has 2 aromatic rings. The summed E-state index contributed by atoms with van der Waals surface area (Å²) in [5, 5.41) is 6.69. The highest BCUT2D eigenvalue weighted by molar-refractivity contribution is 5.41. The summed E-state index contributed by atoms with van der Waals surface area (Å²) in [6.45, 7) is 0.636. The maximum Gasteiger partial charge on any atom is 0.224 e. The monoisotopic (exact) mass is 354 g/mol. The van der Waals surface area contributed by atoms with Gasteiger partial charge in [-0.25, -0.2) is 15.4 Å². The highest BCUT2D eigenvalue weighted by Gasteiger charge is 2.36. The van der Waals surface area contributed by atoms with E-state index < -0.39 is 0 Å². The summed E-state index contributed by atoms with van der Waals surface area (Å²) in [7, 11) is 3.96. The van der Waals surface area contributed by atoms with E-state index in [0.717, 1.165) is 29.5 Å². The molecule has 26 heavy (non-hydrogen) atoms. The lowest BCUT2D eigenvalue weighted by Crippen LogP contribution is -2.37. The van der Waals surface area contributed by atoms with Crippen molar-refractivity contribution >= 4 is 17.6 Å². The SMILES string of the molecule is CN(C)c1ccc(CNc2nccc(NC3CC(C4CC4)NN3)n2)cn1. The summed E-state index contributed by atoms with van der Waals surface area (Å²) in [4.78, 5) is 15.3. The van der Waals surface area contributed by atoms with Crippen molar-refractivity contribution in [2.45, 2.75) is 38.0 Å². The van der Waals surface area contributed by atoms with Crippen LogP contribution in [0.1, 0.15) is 24.8 Å². The number of hydrazine groups is 1. The smallest absolute Gasteiger partial charge is 0.224 e. The van der Waals surface area contributed by atoms with Crippen LogP contribution in [-0.2, 0) is 6.54 Å². The number of hydrogen-bond donors (Lipinski definition) is 4. The number of nitrogens with one attached hydrogen (secondary N) is 4. The molecule has 0 bridgehead atoms. The fourth-order valence-corrected chi connectivity index (χ4v) is 3.15. The standard InChI is InChI=1S/C18H26N8/c1-26(2)17-6-3-12(10-20-17)11-21-18-19-8-7-15(23-18)22-16-9-14(24-25-16)13-4-5-13/h3,6-8,10,13-14,16,24-25H,4-5,9,11H2,1-2H3,(H2,19,21,22,23). The van der Waals surface area contributed by atoms with Crippen molar-refractivity contribution < 1.29 is 0 Å². The minimum absolute atomic E-state index is 0.200. The van der Waals surface area contributed by atoms with Crippen LogP contribution in [0.15, 0.2) is 30.6 Å². The third-order valence-electron chi connectivity index (χ3n) is 4.82. The maximum atomic E-state index is 4.55. The van der Waals surface area contributed by atoms with E-state index in [1.165, 1.54) is 12.8 Å². The molecule has 2 aliphatic rings. The quantitative estimate of drug-likeness (QED) is 0.596. The average molecular weight is 354 g/mol. The molecular formula is C18H26N8. The van der Waals surface area contributed by atoms with Gasteiger partial charge in [-0.3, -0.25) is 5.43 Å². The van der Waals surface area contributed by atoms with Crippen LogP contribution in [0, 0.1) is 5.92 Å². The van der Waals surface area contributed by atoms with E-state index in [2.05, 4.69) is 42.5 Å². The second-order valence-electron chi connectivity index (χ2n) is 7.20. The lowest BCUT2D eigenvalue weighted by molar-refractivity contribution is 0.502. The number of rotatable bonds is 7. The van der Waals surface area contributed by atoms with E-state index >= 15 is 0 Å². The number of pyridine rings is 1. The summed E-state index contributed by atoms with van der Waals surface area (Å²) in [6, 6.07) is 6.53. The van der Waals surface area contributed by atoms with E-state index in [0.29, 0.717) is 18.5 Å². The summed E-state index contributed by atoms with van der Waals surface area (Å²) in [5.74, 6) is 3.21. The third kappa shape index (κ3) is 4.20. The molecule has 0 amide bonds. The lowest BCUT2D eigenvalue weighted by atomic mass is 10.1. The van der Waals surface area contributed by atoms with Gasteiger partial charge in [-0.05, 0) is 42.9 Å². The maximum absolute atomic E-state index is 4.55. The molecule has 2 unspecified atom stereocenters. The Bertz CT molecular complexity index is 728. The van der Waals surface area contributed by atoms with Crippen LogP contribution in [0.3, 0.4) is 0 Å². The first-order valence-electron chi connectivity index (χ1n) is 9.14. The van der Waals surface area contributed by atoms with Crippen molar-refractivity contribution in [1.82, 2.24) is 25.8 Å². The number of nitrogens with zero attached hydrogens (tertiary/aromatic N) is 4. The van der Waals surface area contributed by atoms with Gasteiger partial charge in [0, 0.05) is 39.1 Å². The number of aromatic nitrogens is 3. The predicted octanol–water partition coefficient (Wildman–Crippen LogP) is 1.56. The van der Waals surface area contributed by atoms with Gasteiger partial charge in [-0.15, -0.1) is 0 Å². The van der Waals surface area contributed by atoms with Gasteiger partial charge in [0.25, 0.3) is 0 Å². The molecule has 0 radical (unpaired) electrons. The molecule has 2 fully saturated rings. The summed E-state index contributed by atoms with van der Waals surface area (Å²) in [6.07, 6.45) is 7.60. The van der Waals surface area contributed by atoms with Gasteiger partial charge < -0.3 is 15.5 Å². The Morgan fingerprint density at radius 3 is 2.77 bits per heavy atom. The van der Waals surface area contributed by atoms with Crippen molar-refractivity contribution in [3.63, 3.8) is 0 Å². The number of hydrogen-bond acceptors (Lipinski definition) is 8. The zero-order chi connectivity index (χ0) is 17.9. The first-order chi connectivity index (χ1) is 12.7. The normalized spacial score (nSPS) is 22.2. The van der Waals surface area contributed by atoms with Crippen LogP contribution in [0.2, 0.25) is 0 Å². The molecule has 1 saturated carbocycles. The first-order valence-corrected chi connectivity index (χ1v) is 9.14. The van der Waals surface area contributed by atoms with Gasteiger partial charge in [0.15, 0.2) is 0 Å². The van der Waals surface area contributed by atoms with Crippen molar-refractivity contribution in [3.8, 4) is 0 Å². The largest absolute Gasteiger partial charge is 0.363 e. The van der Waals surface area contributed by atoms with Crippen LogP contribution in [0.5, 0.6) is 0 Å². The topological polar surface area (TPSA) is 90.0 Å². The number of anilines is 3. The Morgan fingerprint density at radius 2 is 2.04 bits per heavy atom. The molecule has 3 heterocycles. The van der Waals surface area contributed by atoms with Crippen molar-refractivity contribution in [3.05, 3.63) is 36.2 Å². The molecule has 138 valence electrons. The Hall–Kier alpha value is -2.45. The van der Waals surface area contributed by atoms with Gasteiger partial charge in [-0.1, -0.05) is 6.07 Å². The van der Waals surface area contributed by atoms with Gasteiger partial charge >= 0.3 is 0 Å². The molecule has 1 aliphatic heterocycles. The zero-order valence-corrected chi connectivity index (χ0v) is 15.2. The minimum atomic E-state index is 0.200. The molecule has 4 rings (SSSR count). The van der Waals surface area contributed by atoms with Gasteiger partial charge in [0.1, 0.15) is 11.6 Å². The Morgan fingerprint density at radius 1 is 1.15 bits per heavy atom. The second-order valence-corrected chi connectivity index (χ2v) is 7.20. The highest BCUT2D eigenvalue weighted by atomic mass is 15.5. The first kappa shape index (κ1) is 17.0. The average Bonchev–Trinajstić information content (AvgIpc) is 3.40. The van der Waals surface area contributed by atoms with Crippen LogP contribution in [0.4, 0.5) is 17.6 Å². The van der Waals surface area contributed by atoms with Gasteiger partial charge in [-0.2, -0.15) is 4.98 Å². The molecule has 0 spiro atoms. The predicted molar refractivity (Wildman–Crippen MR) is 103 cm³/mol. The molecule has 1 aliphatic carbocycles. The summed E-state index contributed by atoms with van der Waals surface area (Å²) in [5.41, 5.74) is 7.78. The van der Waals surface area contributed by atoms with Gasteiger partial charge in [0.05, 0.1) is 6.17 Å². The van der Waals surface area contributed by atoms with Gasteiger partial charge in [0.2, 0.25) is 5.95 Å². The van der Waals surface area contributed by atoms with Crippen LogP contribution in [0.25, 0.3) is 0 Å². The van der Waals surface area contributed by atoms with E-state index in [9.17, 15) is 0 Å². The van der Waals surface area contributed by atoms with E-state index in [-0.39, 0.29) is 6.17 Å². The van der Waals surface area contributed by atoms with Crippen molar-refractivity contribution in [1.29, 1.82) is 0 Å². The molecular weight excluding hydrogens is 328 g/mol. The molecule has 0 aromatic carbocycles. The van der Waals surface area contributed by atoms with E-state index in [1.54, 1.807) is 6.20 Å². The minimum Gasteiger partial charge on any atom is -0.363 e. The second kappa shape index (κ2) is 7.43. The Balaban J connectivity index is 1.31. The summed E-state index contributed by atoms with van der Waals surface area (Å²) < 4.78 is 0. The van der Waals surface area contributed by atoms with Crippen molar-refractivity contribution in [2.24, 2.45) is 5.92 Å². The Labute approximate surface area is 153 Å². The van der Waals surface area contributed by atoms with Crippen molar-refractivity contribution in [2.75, 3.05) is 29.6 Å². The molecule has 2 atom stereocenters. The fraction of sp³-hybridized carbons (Fsp3) is 0.500. The lowest BCUT2D eigenvalue weighted by Gasteiger charge is -2.14. The molecule has 4 N–H and O–H groups in total. The molecule has 8 heteroatoms. The van der Waals surface area contributed by atoms with Crippen LogP contribution >= 0.6 is 0 Å². The molecule has 2 aromatic heterocycles. The molecule has 8 nitrogen and oxygen atoms in total. The zero-order valence-electron chi connectivity index (χ0n) is 15.2. The van der Waals surface area contributed by atoms with E-state index in [1.807, 2.05) is 37.3 Å².